The maximum Gasteiger partial charge on any atom is 0.335 e. The Morgan fingerprint density at radius 1 is 1.24 bits per heavy atom. The third kappa shape index (κ3) is 3.11. The largest absolute Gasteiger partial charge is 0.478 e. The first-order valence-electron chi connectivity index (χ1n) is 9.63. The molecule has 138 valence electrons. The van der Waals surface area contributed by atoms with Gasteiger partial charge in [0.05, 0.1) is 17.3 Å². The molecule has 2 aliphatic rings. The standard InChI is InChI=1S/C21H30O4/c1-3-9-20(25)10-11-21(4-2)15(13-20)6-8-18(22)16-12-14(19(23)24)5-7-17(16)21/h5,7,12,15,18,22,25H,3-4,6,8-11,13H2,1-2H3,(H,23,24)/t15-,18?,20+,21+/m1/s1. The summed E-state index contributed by atoms with van der Waals surface area (Å²) in [5.41, 5.74) is 1.47. The van der Waals surface area contributed by atoms with E-state index >= 15 is 0 Å². The number of benzene rings is 1. The van der Waals surface area contributed by atoms with Crippen LogP contribution in [0, 0.1) is 5.92 Å². The van der Waals surface area contributed by atoms with Crippen LogP contribution in [0.25, 0.3) is 0 Å². The fraction of sp³-hybridized carbons (Fsp3) is 0.667. The number of rotatable bonds is 4. The molecule has 0 bridgehead atoms. The predicted molar refractivity (Wildman–Crippen MR) is 96.8 cm³/mol. The van der Waals surface area contributed by atoms with Crippen molar-refractivity contribution in [1.29, 1.82) is 0 Å². The molecule has 1 aromatic rings. The molecule has 1 saturated carbocycles. The molecule has 4 atom stereocenters. The van der Waals surface area contributed by atoms with Crippen LogP contribution in [-0.4, -0.2) is 26.9 Å². The fourth-order valence-corrected chi connectivity index (χ4v) is 5.44. The van der Waals surface area contributed by atoms with Crippen molar-refractivity contribution in [3.05, 3.63) is 34.9 Å². The van der Waals surface area contributed by atoms with E-state index in [4.69, 9.17) is 0 Å². The van der Waals surface area contributed by atoms with Gasteiger partial charge in [0, 0.05) is 0 Å². The van der Waals surface area contributed by atoms with Crippen molar-refractivity contribution in [1.82, 2.24) is 0 Å². The zero-order valence-electron chi connectivity index (χ0n) is 15.3. The number of fused-ring (bicyclic) bond motifs is 3. The van der Waals surface area contributed by atoms with Gasteiger partial charge in [0.15, 0.2) is 0 Å². The third-order valence-corrected chi connectivity index (χ3v) is 6.77. The van der Waals surface area contributed by atoms with E-state index in [1.54, 1.807) is 12.1 Å². The van der Waals surface area contributed by atoms with Crippen LogP contribution in [0.1, 0.15) is 92.8 Å². The van der Waals surface area contributed by atoms with Gasteiger partial charge in [-0.05, 0) is 79.5 Å². The number of carboxylic acid groups (broad SMARTS) is 1. The Balaban J connectivity index is 2.07. The molecule has 4 nitrogen and oxygen atoms in total. The van der Waals surface area contributed by atoms with Gasteiger partial charge in [-0.25, -0.2) is 4.79 Å². The van der Waals surface area contributed by atoms with Crippen LogP contribution >= 0.6 is 0 Å². The van der Waals surface area contributed by atoms with Gasteiger partial charge in [0.25, 0.3) is 0 Å². The van der Waals surface area contributed by atoms with Crippen molar-refractivity contribution < 1.29 is 20.1 Å². The summed E-state index contributed by atoms with van der Waals surface area (Å²) in [4.78, 5) is 11.4. The first-order chi connectivity index (χ1) is 11.8. The van der Waals surface area contributed by atoms with Gasteiger partial charge < -0.3 is 15.3 Å². The topological polar surface area (TPSA) is 77.8 Å². The van der Waals surface area contributed by atoms with Crippen LogP contribution in [0.5, 0.6) is 0 Å². The van der Waals surface area contributed by atoms with E-state index in [1.807, 2.05) is 6.07 Å². The lowest BCUT2D eigenvalue weighted by atomic mass is 9.56. The molecule has 0 spiro atoms. The summed E-state index contributed by atoms with van der Waals surface area (Å²) in [7, 11) is 0. The molecule has 0 aliphatic heterocycles. The van der Waals surface area contributed by atoms with Gasteiger partial charge in [-0.1, -0.05) is 26.3 Å². The summed E-state index contributed by atoms with van der Waals surface area (Å²) in [6.07, 6.45) is 6.09. The van der Waals surface area contributed by atoms with Crippen molar-refractivity contribution in [3.8, 4) is 0 Å². The molecule has 0 radical (unpaired) electrons. The Kier molecular flexibility index (Phi) is 4.95. The molecular weight excluding hydrogens is 316 g/mol. The second kappa shape index (κ2) is 6.73. The first kappa shape index (κ1) is 18.4. The zero-order chi connectivity index (χ0) is 18.2. The normalized spacial score (nSPS) is 34.7. The molecule has 4 heteroatoms. The summed E-state index contributed by atoms with van der Waals surface area (Å²) in [5, 5.41) is 31.0. The van der Waals surface area contributed by atoms with Gasteiger partial charge in [0.1, 0.15) is 0 Å². The number of aliphatic hydroxyl groups excluding tert-OH is 1. The summed E-state index contributed by atoms with van der Waals surface area (Å²) in [6, 6.07) is 5.25. The number of hydrogen-bond acceptors (Lipinski definition) is 3. The highest BCUT2D eigenvalue weighted by Crippen LogP contribution is 2.55. The molecule has 2 aliphatic carbocycles. The lowest BCUT2D eigenvalue weighted by Crippen LogP contribution is -2.47. The molecule has 1 fully saturated rings. The molecule has 3 rings (SSSR count). The number of hydrogen-bond donors (Lipinski definition) is 3. The van der Waals surface area contributed by atoms with E-state index in [-0.39, 0.29) is 11.0 Å². The minimum atomic E-state index is -0.956. The number of aliphatic hydroxyl groups is 2. The van der Waals surface area contributed by atoms with E-state index in [9.17, 15) is 20.1 Å². The van der Waals surface area contributed by atoms with Gasteiger partial charge in [-0.15, -0.1) is 0 Å². The molecule has 1 aromatic carbocycles. The fourth-order valence-electron chi connectivity index (χ4n) is 5.44. The summed E-state index contributed by atoms with van der Waals surface area (Å²) < 4.78 is 0. The van der Waals surface area contributed by atoms with Crippen molar-refractivity contribution >= 4 is 5.97 Å². The lowest BCUT2D eigenvalue weighted by molar-refractivity contribution is -0.0549. The molecule has 1 unspecified atom stereocenters. The summed E-state index contributed by atoms with van der Waals surface area (Å²) in [5.74, 6) is -0.628. The summed E-state index contributed by atoms with van der Waals surface area (Å²) in [6.45, 7) is 4.29. The monoisotopic (exact) mass is 346 g/mol. The van der Waals surface area contributed by atoms with Crippen molar-refractivity contribution in [2.75, 3.05) is 0 Å². The Hall–Kier alpha value is -1.39. The van der Waals surface area contributed by atoms with Crippen LogP contribution in [0.15, 0.2) is 18.2 Å². The molecule has 0 saturated heterocycles. The Morgan fingerprint density at radius 2 is 2.00 bits per heavy atom. The highest BCUT2D eigenvalue weighted by molar-refractivity contribution is 5.88. The van der Waals surface area contributed by atoms with Crippen LogP contribution in [-0.2, 0) is 5.41 Å². The minimum absolute atomic E-state index is 0.0657. The number of aromatic carboxylic acids is 1. The van der Waals surface area contributed by atoms with Crippen molar-refractivity contribution in [2.45, 2.75) is 82.3 Å². The van der Waals surface area contributed by atoms with Crippen LogP contribution < -0.4 is 0 Å². The van der Waals surface area contributed by atoms with Crippen molar-refractivity contribution in [3.63, 3.8) is 0 Å². The van der Waals surface area contributed by atoms with E-state index < -0.39 is 17.7 Å². The lowest BCUT2D eigenvalue weighted by Gasteiger charge is -2.50. The second-order valence-electron chi connectivity index (χ2n) is 8.09. The van der Waals surface area contributed by atoms with Crippen molar-refractivity contribution in [2.24, 2.45) is 5.92 Å². The molecule has 0 heterocycles. The molecule has 0 aromatic heterocycles. The highest BCUT2D eigenvalue weighted by atomic mass is 16.4. The quantitative estimate of drug-likeness (QED) is 0.764. The Labute approximate surface area is 149 Å². The van der Waals surface area contributed by atoms with E-state index in [0.29, 0.717) is 12.3 Å². The average Bonchev–Trinajstić information content (AvgIpc) is 2.70. The Morgan fingerprint density at radius 3 is 2.64 bits per heavy atom. The van der Waals surface area contributed by atoms with Gasteiger partial charge in [0.2, 0.25) is 0 Å². The molecular formula is C21H30O4. The van der Waals surface area contributed by atoms with Crippen LogP contribution in [0.4, 0.5) is 0 Å². The molecule has 3 N–H and O–H groups in total. The maximum atomic E-state index is 11.4. The predicted octanol–water partition coefficient (Wildman–Crippen LogP) is 4.19. The highest BCUT2D eigenvalue weighted by Gasteiger charge is 2.50. The van der Waals surface area contributed by atoms with Crippen LogP contribution in [0.2, 0.25) is 0 Å². The smallest absolute Gasteiger partial charge is 0.335 e. The molecule has 25 heavy (non-hydrogen) atoms. The minimum Gasteiger partial charge on any atom is -0.478 e. The van der Waals surface area contributed by atoms with Crippen LogP contribution in [0.3, 0.4) is 0 Å². The van der Waals surface area contributed by atoms with Gasteiger partial charge >= 0.3 is 5.97 Å². The number of carbonyl (C=O) groups is 1. The van der Waals surface area contributed by atoms with Gasteiger partial charge in [-0.3, -0.25) is 0 Å². The SMILES string of the molecule is CCC[C@]1(O)CC[C@]2(CC)c3ccc(C(=O)O)cc3C(O)CC[C@@H]2C1. The first-order valence-corrected chi connectivity index (χ1v) is 9.63. The zero-order valence-corrected chi connectivity index (χ0v) is 15.3. The van der Waals surface area contributed by atoms with E-state index in [1.165, 1.54) is 0 Å². The molecule has 0 amide bonds. The average molecular weight is 346 g/mol. The maximum absolute atomic E-state index is 11.4. The third-order valence-electron chi connectivity index (χ3n) is 6.77. The summed E-state index contributed by atoms with van der Waals surface area (Å²) >= 11 is 0. The van der Waals surface area contributed by atoms with Gasteiger partial charge in [-0.2, -0.15) is 0 Å². The Bertz CT molecular complexity index is 655. The van der Waals surface area contributed by atoms with E-state index in [2.05, 4.69) is 13.8 Å². The number of carboxylic acids is 1. The second-order valence-corrected chi connectivity index (χ2v) is 8.09. The van der Waals surface area contributed by atoms with E-state index in [0.717, 1.165) is 56.1 Å².